The van der Waals surface area contributed by atoms with E-state index in [4.69, 9.17) is 0 Å². The van der Waals surface area contributed by atoms with Crippen LogP contribution in [0.2, 0.25) is 0 Å². The molecule has 1 heterocycles. The van der Waals surface area contributed by atoms with Gasteiger partial charge in [-0.2, -0.15) is 0 Å². The van der Waals surface area contributed by atoms with Gasteiger partial charge >= 0.3 is 0 Å². The maximum atomic E-state index is 9.58. The van der Waals surface area contributed by atoms with Crippen molar-refractivity contribution >= 4 is 15.9 Å². The second kappa shape index (κ2) is 6.30. The third-order valence-electron chi connectivity index (χ3n) is 4.19. The van der Waals surface area contributed by atoms with Crippen LogP contribution >= 0.6 is 15.9 Å². The smallest absolute Gasteiger partial charge is 0.0679 e. The summed E-state index contributed by atoms with van der Waals surface area (Å²) in [7, 11) is 0. The van der Waals surface area contributed by atoms with Crippen LogP contribution in [0.3, 0.4) is 0 Å². The molecule has 1 fully saturated rings. The Balaban J connectivity index is 1.76. The minimum atomic E-state index is -0.145. The third-order valence-corrected chi connectivity index (χ3v) is 5.05. The number of nitrogens with zero attached hydrogens (tertiary/aromatic N) is 1. The van der Waals surface area contributed by atoms with E-state index in [0.717, 1.165) is 30.5 Å². The van der Waals surface area contributed by atoms with E-state index in [1.165, 1.54) is 22.3 Å². The van der Waals surface area contributed by atoms with Crippen LogP contribution < -0.4 is 0 Å². The van der Waals surface area contributed by atoms with Gasteiger partial charge in [-0.25, -0.2) is 0 Å². The zero-order valence-corrected chi connectivity index (χ0v) is 13.8. The molecule has 0 spiro atoms. The summed E-state index contributed by atoms with van der Waals surface area (Å²) in [4.78, 5) is 2.31. The molecule has 0 radical (unpaired) electrons. The normalized spacial score (nSPS) is 19.1. The van der Waals surface area contributed by atoms with Gasteiger partial charge in [0.05, 0.1) is 6.10 Å². The summed E-state index contributed by atoms with van der Waals surface area (Å²) in [6.07, 6.45) is 0.753. The molecule has 2 nitrogen and oxygen atoms in total. The van der Waals surface area contributed by atoms with Crippen LogP contribution in [0.1, 0.15) is 17.5 Å². The molecular weight excluding hydrogens is 326 g/mol. The Hall–Kier alpha value is -1.16. The third kappa shape index (κ3) is 3.37. The minimum Gasteiger partial charge on any atom is -0.392 e. The fraction of sp³-hybridized carbons (Fsp3) is 0.333. The van der Waals surface area contributed by atoms with E-state index in [-0.39, 0.29) is 6.10 Å². The molecule has 2 aromatic rings. The molecule has 1 N–H and O–H groups in total. The highest BCUT2D eigenvalue weighted by molar-refractivity contribution is 9.10. The molecule has 1 atom stereocenters. The van der Waals surface area contributed by atoms with Crippen molar-refractivity contribution in [3.8, 4) is 11.1 Å². The summed E-state index contributed by atoms with van der Waals surface area (Å²) in [5, 5.41) is 9.58. The highest BCUT2D eigenvalue weighted by Crippen LogP contribution is 2.29. The van der Waals surface area contributed by atoms with Crippen molar-refractivity contribution in [3.05, 3.63) is 58.1 Å². The molecule has 1 aliphatic heterocycles. The molecule has 110 valence electrons. The lowest BCUT2D eigenvalue weighted by Crippen LogP contribution is -2.21. The number of β-amino-alcohol motifs (C(OH)–C–C–N with tert-alkyl or cyclic N) is 1. The fourth-order valence-corrected chi connectivity index (χ4v) is 3.29. The van der Waals surface area contributed by atoms with Crippen LogP contribution in [0.5, 0.6) is 0 Å². The summed E-state index contributed by atoms with van der Waals surface area (Å²) in [6.45, 7) is 4.86. The Morgan fingerprint density at radius 1 is 1.19 bits per heavy atom. The molecule has 3 rings (SSSR count). The van der Waals surface area contributed by atoms with Crippen molar-refractivity contribution in [2.45, 2.75) is 26.0 Å². The molecule has 1 aliphatic rings. The van der Waals surface area contributed by atoms with Crippen molar-refractivity contribution in [2.75, 3.05) is 13.1 Å². The fourth-order valence-electron chi connectivity index (χ4n) is 2.92. The Morgan fingerprint density at radius 3 is 2.62 bits per heavy atom. The highest BCUT2D eigenvalue weighted by Gasteiger charge is 2.19. The lowest BCUT2D eigenvalue weighted by molar-refractivity contribution is 0.175. The molecule has 2 aromatic carbocycles. The van der Waals surface area contributed by atoms with Gasteiger partial charge in [-0.05, 0) is 41.7 Å². The lowest BCUT2D eigenvalue weighted by atomic mass is 9.99. The number of aliphatic hydroxyl groups is 1. The van der Waals surface area contributed by atoms with Crippen LogP contribution in [-0.2, 0) is 6.54 Å². The van der Waals surface area contributed by atoms with Crippen molar-refractivity contribution in [1.29, 1.82) is 0 Å². The summed E-state index contributed by atoms with van der Waals surface area (Å²) in [6, 6.07) is 15.1. The summed E-state index contributed by atoms with van der Waals surface area (Å²) in [5.41, 5.74) is 5.10. The zero-order chi connectivity index (χ0) is 14.8. The predicted molar refractivity (Wildman–Crippen MR) is 90.2 cm³/mol. The topological polar surface area (TPSA) is 23.5 Å². The molecule has 0 aromatic heterocycles. The van der Waals surface area contributed by atoms with Crippen LogP contribution in [0, 0.1) is 6.92 Å². The van der Waals surface area contributed by atoms with E-state index in [0.29, 0.717) is 0 Å². The van der Waals surface area contributed by atoms with Gasteiger partial charge in [0.25, 0.3) is 0 Å². The number of hydrogen-bond donors (Lipinski definition) is 1. The van der Waals surface area contributed by atoms with Crippen molar-refractivity contribution in [3.63, 3.8) is 0 Å². The lowest BCUT2D eigenvalue weighted by Gasteiger charge is -2.15. The van der Waals surface area contributed by atoms with Gasteiger partial charge in [0, 0.05) is 24.1 Å². The first kappa shape index (κ1) is 14.8. The van der Waals surface area contributed by atoms with Gasteiger partial charge in [0.1, 0.15) is 0 Å². The summed E-state index contributed by atoms with van der Waals surface area (Å²) in [5.74, 6) is 0. The molecule has 0 saturated carbocycles. The standard InChI is InChI=1S/C18H20BrNO/c1-13-17(3-2-4-18(13)19)15-7-5-14(6-8-15)11-20-10-9-16(21)12-20/h2-8,16,21H,9-12H2,1H3. The Morgan fingerprint density at radius 2 is 1.95 bits per heavy atom. The van der Waals surface area contributed by atoms with E-state index in [2.05, 4.69) is 70.2 Å². The van der Waals surface area contributed by atoms with Gasteiger partial charge in [-0.1, -0.05) is 52.3 Å². The van der Waals surface area contributed by atoms with Gasteiger partial charge in [-0.15, -0.1) is 0 Å². The maximum absolute atomic E-state index is 9.58. The van der Waals surface area contributed by atoms with E-state index < -0.39 is 0 Å². The number of rotatable bonds is 3. The van der Waals surface area contributed by atoms with Crippen molar-refractivity contribution in [2.24, 2.45) is 0 Å². The summed E-state index contributed by atoms with van der Waals surface area (Å²) >= 11 is 3.59. The monoisotopic (exact) mass is 345 g/mol. The van der Waals surface area contributed by atoms with Crippen LogP contribution in [0.15, 0.2) is 46.9 Å². The largest absolute Gasteiger partial charge is 0.392 e. The Kier molecular flexibility index (Phi) is 4.43. The van der Waals surface area contributed by atoms with E-state index >= 15 is 0 Å². The molecular formula is C18H20BrNO. The summed E-state index contributed by atoms with van der Waals surface area (Å²) < 4.78 is 1.15. The number of hydrogen-bond acceptors (Lipinski definition) is 2. The van der Waals surface area contributed by atoms with Gasteiger partial charge in [0.2, 0.25) is 0 Å². The minimum absolute atomic E-state index is 0.145. The molecule has 1 unspecified atom stereocenters. The number of likely N-dealkylation sites (tertiary alicyclic amines) is 1. The number of aliphatic hydroxyl groups excluding tert-OH is 1. The SMILES string of the molecule is Cc1c(Br)cccc1-c1ccc(CN2CCC(O)C2)cc1. The molecule has 0 aliphatic carbocycles. The molecule has 0 bridgehead atoms. The zero-order valence-electron chi connectivity index (χ0n) is 12.2. The van der Waals surface area contributed by atoms with E-state index in [1.807, 2.05) is 0 Å². The number of benzene rings is 2. The van der Waals surface area contributed by atoms with Crippen LogP contribution in [0.4, 0.5) is 0 Å². The Labute approximate surface area is 134 Å². The van der Waals surface area contributed by atoms with E-state index in [9.17, 15) is 5.11 Å². The molecule has 1 saturated heterocycles. The average Bonchev–Trinajstić information content (AvgIpc) is 2.88. The van der Waals surface area contributed by atoms with Crippen molar-refractivity contribution in [1.82, 2.24) is 4.90 Å². The van der Waals surface area contributed by atoms with Gasteiger partial charge < -0.3 is 5.11 Å². The maximum Gasteiger partial charge on any atom is 0.0679 e. The van der Waals surface area contributed by atoms with E-state index in [1.54, 1.807) is 0 Å². The van der Waals surface area contributed by atoms with Gasteiger partial charge in [-0.3, -0.25) is 4.90 Å². The van der Waals surface area contributed by atoms with Gasteiger partial charge in [0.15, 0.2) is 0 Å². The second-order valence-electron chi connectivity index (χ2n) is 5.79. The van der Waals surface area contributed by atoms with Crippen LogP contribution in [0.25, 0.3) is 11.1 Å². The quantitative estimate of drug-likeness (QED) is 0.908. The van der Waals surface area contributed by atoms with Crippen LogP contribution in [-0.4, -0.2) is 29.2 Å². The number of halogens is 1. The molecule has 21 heavy (non-hydrogen) atoms. The molecule has 3 heteroatoms. The first-order valence-corrected chi connectivity index (χ1v) is 8.17. The molecule has 0 amide bonds. The predicted octanol–water partition coefficient (Wildman–Crippen LogP) is 3.99. The first-order chi connectivity index (χ1) is 10.1. The Bertz CT molecular complexity index is 624. The first-order valence-electron chi connectivity index (χ1n) is 7.38. The highest BCUT2D eigenvalue weighted by atomic mass is 79.9. The second-order valence-corrected chi connectivity index (χ2v) is 6.64. The van der Waals surface area contributed by atoms with Crippen molar-refractivity contribution < 1.29 is 5.11 Å². The average molecular weight is 346 g/mol.